The summed E-state index contributed by atoms with van der Waals surface area (Å²) in [7, 11) is 0. The van der Waals surface area contributed by atoms with E-state index in [1.807, 2.05) is 0 Å². The van der Waals surface area contributed by atoms with E-state index in [2.05, 4.69) is 10.6 Å². The molecule has 19 heavy (non-hydrogen) atoms. The molecule has 2 rings (SSSR count). The molecule has 8 nitrogen and oxygen atoms in total. The van der Waals surface area contributed by atoms with E-state index >= 15 is 0 Å². The number of nitrogens with one attached hydrogen (secondary N) is 2. The molecule has 4 unspecified atom stereocenters. The molecule has 2 heterocycles. The smallest absolute Gasteiger partial charge is 0.321 e. The highest BCUT2D eigenvalue weighted by atomic mass is 16.5. The molecule has 0 aromatic carbocycles. The Morgan fingerprint density at radius 1 is 1.63 bits per heavy atom. The minimum atomic E-state index is -0.768. The Labute approximate surface area is 110 Å². The van der Waals surface area contributed by atoms with Crippen molar-refractivity contribution in [1.82, 2.24) is 15.5 Å². The Morgan fingerprint density at radius 3 is 2.89 bits per heavy atom. The summed E-state index contributed by atoms with van der Waals surface area (Å²) in [4.78, 5) is 24.3. The third-order valence-electron chi connectivity index (χ3n) is 3.33. The van der Waals surface area contributed by atoms with Crippen molar-refractivity contribution < 1.29 is 24.5 Å². The minimum absolute atomic E-state index is 0.202. The molecule has 2 aliphatic heterocycles. The molecule has 0 spiro atoms. The molecule has 4 atom stereocenters. The van der Waals surface area contributed by atoms with Crippen LogP contribution in [0.4, 0.5) is 4.79 Å². The van der Waals surface area contributed by atoms with Crippen molar-refractivity contribution in [2.75, 3.05) is 13.2 Å². The number of ether oxygens (including phenoxy) is 1. The molecule has 8 heteroatoms. The Hall–Kier alpha value is -1.38. The predicted octanol–water partition coefficient (Wildman–Crippen LogP) is -1.67. The zero-order valence-corrected chi connectivity index (χ0v) is 10.7. The van der Waals surface area contributed by atoms with Gasteiger partial charge in [-0.1, -0.05) is 0 Å². The van der Waals surface area contributed by atoms with Crippen molar-refractivity contribution in [1.29, 1.82) is 0 Å². The summed E-state index contributed by atoms with van der Waals surface area (Å²) in [5, 5.41) is 23.9. The van der Waals surface area contributed by atoms with Crippen LogP contribution >= 0.6 is 0 Å². The average molecular weight is 273 g/mol. The normalized spacial score (nSPS) is 35.1. The fourth-order valence-electron chi connectivity index (χ4n) is 2.37. The highest BCUT2D eigenvalue weighted by molar-refractivity contribution is 5.78. The third-order valence-corrected chi connectivity index (χ3v) is 3.33. The molecule has 0 aromatic heterocycles. The van der Waals surface area contributed by atoms with Gasteiger partial charge in [-0.25, -0.2) is 4.79 Å². The van der Waals surface area contributed by atoms with Gasteiger partial charge in [-0.15, -0.1) is 0 Å². The summed E-state index contributed by atoms with van der Waals surface area (Å²) < 4.78 is 5.43. The summed E-state index contributed by atoms with van der Waals surface area (Å²) in [6, 6.07) is -0.346. The van der Waals surface area contributed by atoms with E-state index in [1.54, 1.807) is 0 Å². The van der Waals surface area contributed by atoms with Crippen molar-refractivity contribution in [3.05, 3.63) is 0 Å². The molecule has 2 saturated heterocycles. The van der Waals surface area contributed by atoms with Crippen LogP contribution in [0, 0.1) is 0 Å². The minimum Gasteiger partial charge on any atom is -0.394 e. The van der Waals surface area contributed by atoms with Gasteiger partial charge in [0.05, 0.1) is 12.7 Å². The zero-order valence-electron chi connectivity index (χ0n) is 10.7. The molecule has 0 radical (unpaired) electrons. The summed E-state index contributed by atoms with van der Waals surface area (Å²) in [6.07, 6.45) is -1.48. The number of hydrogen-bond donors (Lipinski definition) is 4. The number of nitrogens with zero attached hydrogens (tertiary/aromatic N) is 1. The second-order valence-electron chi connectivity index (χ2n) is 4.80. The zero-order chi connectivity index (χ0) is 14.0. The molecule has 0 aromatic rings. The molecule has 2 aliphatic rings. The van der Waals surface area contributed by atoms with E-state index in [0.717, 1.165) is 0 Å². The van der Waals surface area contributed by atoms with E-state index in [-0.39, 0.29) is 31.1 Å². The number of hydrogen-bond acceptors (Lipinski definition) is 5. The molecule has 4 N–H and O–H groups in total. The number of carbonyl (C=O) groups excluding carboxylic acids is 2. The van der Waals surface area contributed by atoms with Gasteiger partial charge in [0.1, 0.15) is 18.5 Å². The van der Waals surface area contributed by atoms with Crippen LogP contribution in [0.2, 0.25) is 0 Å². The Morgan fingerprint density at radius 2 is 2.37 bits per heavy atom. The van der Waals surface area contributed by atoms with E-state index in [1.165, 1.54) is 11.8 Å². The van der Waals surface area contributed by atoms with E-state index in [4.69, 9.17) is 9.84 Å². The first-order valence-corrected chi connectivity index (χ1v) is 6.30. The highest BCUT2D eigenvalue weighted by Crippen LogP contribution is 2.24. The standard InChI is InChI=1S/C11H19N3O5/c1-6(16)12-9-2-3-14(11(18)13-9)10-4-7(17)8(5-15)19-10/h7-10,15,17H,2-5H2,1H3,(H,12,16)(H,13,18). The fourth-order valence-corrected chi connectivity index (χ4v) is 2.37. The van der Waals surface area contributed by atoms with Gasteiger partial charge >= 0.3 is 6.03 Å². The maximum atomic E-state index is 11.9. The first-order chi connectivity index (χ1) is 9.01. The molecule has 108 valence electrons. The topological polar surface area (TPSA) is 111 Å². The first kappa shape index (κ1) is 14.0. The highest BCUT2D eigenvalue weighted by Gasteiger charge is 2.40. The van der Waals surface area contributed by atoms with Gasteiger partial charge in [0, 0.05) is 26.3 Å². The fraction of sp³-hybridized carbons (Fsp3) is 0.818. The lowest BCUT2D eigenvalue weighted by Gasteiger charge is -2.36. The van der Waals surface area contributed by atoms with E-state index < -0.39 is 18.4 Å². The van der Waals surface area contributed by atoms with Gasteiger partial charge < -0.3 is 25.6 Å². The van der Waals surface area contributed by atoms with Gasteiger partial charge in [-0.05, 0) is 0 Å². The number of carbonyl (C=O) groups is 2. The van der Waals surface area contributed by atoms with E-state index in [0.29, 0.717) is 13.0 Å². The molecule has 0 bridgehead atoms. The van der Waals surface area contributed by atoms with Crippen LogP contribution in [0.3, 0.4) is 0 Å². The van der Waals surface area contributed by atoms with E-state index in [9.17, 15) is 14.7 Å². The lowest BCUT2D eigenvalue weighted by atomic mass is 10.1. The van der Waals surface area contributed by atoms with Gasteiger partial charge in [-0.2, -0.15) is 0 Å². The predicted molar refractivity (Wildman–Crippen MR) is 63.8 cm³/mol. The van der Waals surface area contributed by atoms with Crippen molar-refractivity contribution in [2.45, 2.75) is 44.4 Å². The summed E-state index contributed by atoms with van der Waals surface area (Å²) in [5.41, 5.74) is 0. The quantitative estimate of drug-likeness (QED) is 0.491. The number of rotatable bonds is 3. The van der Waals surface area contributed by atoms with Crippen LogP contribution < -0.4 is 10.6 Å². The number of aliphatic hydroxyl groups is 2. The van der Waals surface area contributed by atoms with Crippen LogP contribution in [0.1, 0.15) is 19.8 Å². The van der Waals surface area contributed by atoms with Crippen molar-refractivity contribution in [3.63, 3.8) is 0 Å². The second-order valence-corrected chi connectivity index (χ2v) is 4.80. The molecular formula is C11H19N3O5. The maximum Gasteiger partial charge on any atom is 0.321 e. The Balaban J connectivity index is 1.90. The summed E-state index contributed by atoms with van der Waals surface area (Å²) in [5.74, 6) is -0.202. The molecule has 2 fully saturated rings. The lowest BCUT2D eigenvalue weighted by Crippen LogP contribution is -2.60. The number of urea groups is 1. The second kappa shape index (κ2) is 5.72. The lowest BCUT2D eigenvalue weighted by molar-refractivity contribution is -0.120. The monoisotopic (exact) mass is 273 g/mol. The Bertz CT molecular complexity index is 364. The molecule has 0 saturated carbocycles. The summed E-state index contributed by atoms with van der Waals surface area (Å²) in [6.45, 7) is 1.54. The van der Waals surface area contributed by atoms with Crippen LogP contribution in [0.5, 0.6) is 0 Å². The van der Waals surface area contributed by atoms with Crippen LogP contribution in [0.25, 0.3) is 0 Å². The SMILES string of the molecule is CC(=O)NC1CCN(C2CC(O)C(CO)O2)C(=O)N1. The van der Waals surface area contributed by atoms with Crippen LogP contribution in [0.15, 0.2) is 0 Å². The summed E-state index contributed by atoms with van der Waals surface area (Å²) >= 11 is 0. The van der Waals surface area contributed by atoms with Crippen LogP contribution in [-0.4, -0.2) is 64.8 Å². The largest absolute Gasteiger partial charge is 0.394 e. The van der Waals surface area contributed by atoms with Gasteiger partial charge in [-0.3, -0.25) is 9.69 Å². The number of amides is 3. The average Bonchev–Trinajstić information content (AvgIpc) is 2.69. The molecular weight excluding hydrogens is 254 g/mol. The first-order valence-electron chi connectivity index (χ1n) is 6.30. The number of aliphatic hydroxyl groups excluding tert-OH is 2. The Kier molecular flexibility index (Phi) is 4.23. The van der Waals surface area contributed by atoms with Crippen LogP contribution in [-0.2, 0) is 9.53 Å². The van der Waals surface area contributed by atoms with Gasteiger partial charge in [0.25, 0.3) is 0 Å². The molecule has 0 aliphatic carbocycles. The van der Waals surface area contributed by atoms with Crippen molar-refractivity contribution >= 4 is 11.9 Å². The van der Waals surface area contributed by atoms with Gasteiger partial charge in [0.2, 0.25) is 5.91 Å². The van der Waals surface area contributed by atoms with Crippen molar-refractivity contribution in [2.24, 2.45) is 0 Å². The molecule has 3 amide bonds. The maximum absolute atomic E-state index is 11.9. The van der Waals surface area contributed by atoms with Gasteiger partial charge in [0.15, 0.2) is 0 Å². The van der Waals surface area contributed by atoms with Crippen molar-refractivity contribution in [3.8, 4) is 0 Å². The third kappa shape index (κ3) is 3.14.